The van der Waals surface area contributed by atoms with Crippen LogP contribution >= 0.6 is 0 Å². The van der Waals surface area contributed by atoms with Crippen LogP contribution in [0.3, 0.4) is 0 Å². The molecule has 3 rings (SSSR count). The van der Waals surface area contributed by atoms with Crippen molar-refractivity contribution in [2.24, 2.45) is 0 Å². The van der Waals surface area contributed by atoms with Crippen LogP contribution in [0.25, 0.3) is 0 Å². The average Bonchev–Trinajstić information content (AvgIpc) is 2.80. The Balaban J connectivity index is 1.63. The first kappa shape index (κ1) is 11.8. The van der Waals surface area contributed by atoms with Crippen LogP contribution in [0.4, 0.5) is 15.8 Å². The van der Waals surface area contributed by atoms with Gasteiger partial charge in [-0.15, -0.1) is 0 Å². The van der Waals surface area contributed by atoms with E-state index in [0.29, 0.717) is 12.2 Å². The van der Waals surface area contributed by atoms with Crippen molar-refractivity contribution in [3.63, 3.8) is 0 Å². The summed E-state index contributed by atoms with van der Waals surface area (Å²) in [7, 11) is 0. The van der Waals surface area contributed by atoms with Gasteiger partial charge in [0.15, 0.2) is 0 Å². The summed E-state index contributed by atoms with van der Waals surface area (Å²) in [5.41, 5.74) is 8.12. The molecule has 4 heteroatoms. The highest BCUT2D eigenvalue weighted by Gasteiger charge is 2.21. The van der Waals surface area contributed by atoms with Gasteiger partial charge in [-0.1, -0.05) is 18.2 Å². The molecule has 3 nitrogen and oxygen atoms in total. The Kier molecular flexibility index (Phi) is 2.99. The Morgan fingerprint density at radius 3 is 2.89 bits per heavy atom. The van der Waals surface area contributed by atoms with Crippen molar-refractivity contribution < 1.29 is 9.13 Å². The maximum Gasteiger partial charge on any atom is 0.125 e. The van der Waals surface area contributed by atoms with E-state index in [9.17, 15) is 4.39 Å². The van der Waals surface area contributed by atoms with E-state index in [1.165, 1.54) is 17.7 Å². The Bertz CT molecular complexity index is 575. The van der Waals surface area contributed by atoms with Gasteiger partial charge in [0.1, 0.15) is 17.7 Å². The fourth-order valence-electron chi connectivity index (χ4n) is 2.29. The zero-order valence-corrected chi connectivity index (χ0v) is 10.4. The van der Waals surface area contributed by atoms with E-state index in [1.54, 1.807) is 6.07 Å². The van der Waals surface area contributed by atoms with Crippen LogP contribution in [0.2, 0.25) is 0 Å². The number of benzene rings is 2. The Labute approximate surface area is 111 Å². The molecule has 19 heavy (non-hydrogen) atoms. The van der Waals surface area contributed by atoms with Crippen LogP contribution in [0, 0.1) is 5.82 Å². The summed E-state index contributed by atoms with van der Waals surface area (Å²) in [5.74, 6) is 0.619. The Hall–Kier alpha value is -2.23. The average molecular weight is 258 g/mol. The second-order valence-electron chi connectivity index (χ2n) is 4.66. The van der Waals surface area contributed by atoms with Gasteiger partial charge in [-0.05, 0) is 29.8 Å². The van der Waals surface area contributed by atoms with Gasteiger partial charge in [-0.2, -0.15) is 0 Å². The second-order valence-corrected chi connectivity index (χ2v) is 4.66. The van der Waals surface area contributed by atoms with Crippen molar-refractivity contribution in [3.05, 3.63) is 53.8 Å². The summed E-state index contributed by atoms with van der Waals surface area (Å²) in [6, 6.07) is 12.4. The monoisotopic (exact) mass is 258 g/mol. The first-order valence-electron chi connectivity index (χ1n) is 6.26. The van der Waals surface area contributed by atoms with Crippen molar-refractivity contribution in [2.75, 3.05) is 17.6 Å². The molecule has 98 valence electrons. The van der Waals surface area contributed by atoms with Gasteiger partial charge >= 0.3 is 0 Å². The zero-order valence-electron chi connectivity index (χ0n) is 10.4. The third kappa shape index (κ3) is 2.47. The number of para-hydroxylation sites is 1. The fraction of sp³-hybridized carbons (Fsp3) is 0.200. The van der Waals surface area contributed by atoms with Crippen LogP contribution in [-0.4, -0.2) is 12.6 Å². The lowest BCUT2D eigenvalue weighted by Gasteiger charge is -2.14. The van der Waals surface area contributed by atoms with E-state index >= 15 is 0 Å². The highest BCUT2D eigenvalue weighted by molar-refractivity contribution is 5.65. The Morgan fingerprint density at radius 1 is 1.26 bits per heavy atom. The number of hydrogen-bond acceptors (Lipinski definition) is 3. The largest absolute Gasteiger partial charge is 0.488 e. The molecule has 1 aliphatic rings. The molecule has 2 aromatic rings. The number of nitrogens with two attached hydrogens (primary N) is 1. The summed E-state index contributed by atoms with van der Waals surface area (Å²) in [6.07, 6.45) is 0.964. The molecular weight excluding hydrogens is 243 g/mol. The molecule has 0 spiro atoms. The van der Waals surface area contributed by atoms with Crippen molar-refractivity contribution >= 4 is 11.4 Å². The summed E-state index contributed by atoms with van der Waals surface area (Å²) < 4.78 is 18.8. The molecule has 3 N–H and O–H groups in total. The number of nitrogens with one attached hydrogen (secondary N) is 1. The van der Waals surface area contributed by atoms with Gasteiger partial charge in [0, 0.05) is 6.42 Å². The molecule has 0 aromatic heterocycles. The topological polar surface area (TPSA) is 47.3 Å². The lowest BCUT2D eigenvalue weighted by molar-refractivity contribution is 0.246. The van der Waals surface area contributed by atoms with E-state index < -0.39 is 0 Å². The third-order valence-corrected chi connectivity index (χ3v) is 3.25. The van der Waals surface area contributed by atoms with Crippen molar-refractivity contribution in [1.29, 1.82) is 0 Å². The third-order valence-electron chi connectivity index (χ3n) is 3.25. The fourth-order valence-corrected chi connectivity index (χ4v) is 2.29. The van der Waals surface area contributed by atoms with Gasteiger partial charge in [0.2, 0.25) is 0 Å². The molecule has 0 saturated heterocycles. The first-order chi connectivity index (χ1) is 9.22. The number of rotatable bonds is 3. The molecular formula is C15H15FN2O. The van der Waals surface area contributed by atoms with E-state index in [4.69, 9.17) is 10.5 Å². The minimum atomic E-state index is -0.326. The number of fused-ring (bicyclic) bond motifs is 1. The van der Waals surface area contributed by atoms with Gasteiger partial charge in [0.05, 0.1) is 17.9 Å². The Morgan fingerprint density at radius 2 is 2.11 bits per heavy atom. The summed E-state index contributed by atoms with van der Waals surface area (Å²) in [6.45, 7) is 0.643. The molecule has 1 unspecified atom stereocenters. The van der Waals surface area contributed by atoms with Crippen LogP contribution in [-0.2, 0) is 6.42 Å². The lowest BCUT2D eigenvalue weighted by Crippen LogP contribution is -2.24. The van der Waals surface area contributed by atoms with Gasteiger partial charge in [-0.25, -0.2) is 4.39 Å². The SMILES string of the molecule is Nc1cc(F)ccc1NCC1Cc2ccccc2O1. The molecule has 1 atom stereocenters. The van der Waals surface area contributed by atoms with Crippen molar-refractivity contribution in [3.8, 4) is 5.75 Å². The second kappa shape index (κ2) is 4.80. The quantitative estimate of drug-likeness (QED) is 0.832. The van der Waals surface area contributed by atoms with Crippen LogP contribution in [0.1, 0.15) is 5.56 Å². The maximum atomic E-state index is 12.9. The number of hydrogen-bond donors (Lipinski definition) is 2. The van der Waals surface area contributed by atoms with Crippen molar-refractivity contribution in [2.45, 2.75) is 12.5 Å². The predicted octanol–water partition coefficient (Wildman–Crippen LogP) is 2.82. The number of nitrogen functional groups attached to an aromatic ring is 1. The van der Waals surface area contributed by atoms with E-state index in [2.05, 4.69) is 11.4 Å². The lowest BCUT2D eigenvalue weighted by atomic mass is 10.1. The minimum absolute atomic E-state index is 0.0850. The molecule has 0 bridgehead atoms. The van der Waals surface area contributed by atoms with Crippen molar-refractivity contribution in [1.82, 2.24) is 0 Å². The molecule has 0 saturated carbocycles. The van der Waals surface area contributed by atoms with Gasteiger partial charge < -0.3 is 15.8 Å². The molecule has 0 fully saturated rings. The number of ether oxygens (including phenoxy) is 1. The highest BCUT2D eigenvalue weighted by Crippen LogP contribution is 2.28. The van der Waals surface area contributed by atoms with Gasteiger partial charge in [0.25, 0.3) is 0 Å². The maximum absolute atomic E-state index is 12.9. The number of anilines is 2. The summed E-state index contributed by atoms with van der Waals surface area (Å²) in [5, 5.41) is 3.20. The summed E-state index contributed by atoms with van der Waals surface area (Å²) >= 11 is 0. The standard InChI is InChI=1S/C15H15FN2O/c16-11-5-6-14(13(17)8-11)18-9-12-7-10-3-1-2-4-15(10)19-12/h1-6,8,12,18H,7,9,17H2. The highest BCUT2D eigenvalue weighted by atomic mass is 19.1. The normalized spacial score (nSPS) is 16.8. The molecule has 0 amide bonds. The van der Waals surface area contributed by atoms with E-state index in [-0.39, 0.29) is 11.9 Å². The molecule has 2 aromatic carbocycles. The smallest absolute Gasteiger partial charge is 0.125 e. The van der Waals surface area contributed by atoms with Crippen LogP contribution in [0.5, 0.6) is 5.75 Å². The zero-order chi connectivity index (χ0) is 13.2. The molecule has 1 aliphatic heterocycles. The van der Waals surface area contributed by atoms with Gasteiger partial charge in [-0.3, -0.25) is 0 Å². The minimum Gasteiger partial charge on any atom is -0.488 e. The number of halogens is 1. The van der Waals surface area contributed by atoms with E-state index in [0.717, 1.165) is 17.9 Å². The molecule has 0 aliphatic carbocycles. The molecule has 0 radical (unpaired) electrons. The first-order valence-corrected chi connectivity index (χ1v) is 6.26. The molecule has 1 heterocycles. The van der Waals surface area contributed by atoms with Crippen LogP contribution < -0.4 is 15.8 Å². The van der Waals surface area contributed by atoms with E-state index in [1.807, 2.05) is 18.2 Å². The van der Waals surface area contributed by atoms with Crippen LogP contribution in [0.15, 0.2) is 42.5 Å². The summed E-state index contributed by atoms with van der Waals surface area (Å²) in [4.78, 5) is 0. The predicted molar refractivity (Wildman–Crippen MR) is 73.9 cm³/mol.